The zero-order valence-corrected chi connectivity index (χ0v) is 15.9. The Morgan fingerprint density at radius 1 is 1.00 bits per heavy atom. The van der Waals surface area contributed by atoms with Crippen LogP contribution in [0.4, 0.5) is 0 Å². The van der Waals surface area contributed by atoms with Crippen molar-refractivity contribution < 1.29 is 36.8 Å². The molecular formula is C15H28O7P2. The van der Waals surface area contributed by atoms with Crippen molar-refractivity contribution in [2.45, 2.75) is 53.3 Å². The molecule has 0 saturated carbocycles. The Morgan fingerprint density at radius 3 is 2.12 bits per heavy atom. The van der Waals surface area contributed by atoms with Gasteiger partial charge in [0.15, 0.2) is 0 Å². The lowest BCUT2D eigenvalue weighted by Crippen LogP contribution is -1.94. The summed E-state index contributed by atoms with van der Waals surface area (Å²) in [6.45, 7) is 2.94. The monoisotopic (exact) mass is 385 g/mol. The van der Waals surface area contributed by atoms with Crippen LogP contribution < -0.4 is 0 Å². The topological polar surface area (TPSA) is 113 Å². The van der Waals surface area contributed by atoms with E-state index in [9.17, 15) is 14.0 Å². The molecule has 0 fully saturated rings. The van der Waals surface area contributed by atoms with Crippen LogP contribution in [0.5, 0.6) is 0 Å². The SMILES string of the molecule is [2H]C([2H])([2H])/C(=C\COP(=O)(O)OP(=O)(O)O)CC/C=C(\C)CCC=C(C)C. The van der Waals surface area contributed by atoms with E-state index < -0.39 is 29.1 Å². The highest BCUT2D eigenvalue weighted by Crippen LogP contribution is 2.57. The highest BCUT2D eigenvalue weighted by atomic mass is 31.3. The van der Waals surface area contributed by atoms with Crippen molar-refractivity contribution in [2.75, 3.05) is 6.61 Å². The van der Waals surface area contributed by atoms with Crippen LogP contribution in [0, 0.1) is 0 Å². The number of phosphoric acid groups is 2. The van der Waals surface area contributed by atoms with Gasteiger partial charge in [-0.3, -0.25) is 4.52 Å². The van der Waals surface area contributed by atoms with Gasteiger partial charge in [0.05, 0.1) is 6.61 Å². The lowest BCUT2D eigenvalue weighted by molar-refractivity contribution is 0.191. The molecule has 1 atom stereocenters. The molecule has 0 aromatic heterocycles. The second-order valence-corrected chi connectivity index (χ2v) is 8.30. The van der Waals surface area contributed by atoms with Crippen molar-refractivity contribution in [1.82, 2.24) is 0 Å². The molecular weight excluding hydrogens is 354 g/mol. The largest absolute Gasteiger partial charge is 0.481 e. The third-order valence-corrected chi connectivity index (χ3v) is 4.93. The summed E-state index contributed by atoms with van der Waals surface area (Å²) in [5.41, 5.74) is 2.38. The van der Waals surface area contributed by atoms with E-state index >= 15 is 0 Å². The fraction of sp³-hybridized carbons (Fsp3) is 0.600. The van der Waals surface area contributed by atoms with E-state index in [1.54, 1.807) is 0 Å². The molecule has 0 bridgehead atoms. The highest BCUT2D eigenvalue weighted by Gasteiger charge is 2.31. The second-order valence-electron chi connectivity index (χ2n) is 5.48. The summed E-state index contributed by atoms with van der Waals surface area (Å²) in [5.74, 6) is 0. The lowest BCUT2D eigenvalue weighted by atomic mass is 10.1. The lowest BCUT2D eigenvalue weighted by Gasteiger charge is -2.11. The zero-order chi connectivity index (χ0) is 21.3. The molecule has 0 aromatic carbocycles. The zero-order valence-electron chi connectivity index (χ0n) is 17.1. The van der Waals surface area contributed by atoms with Crippen LogP contribution in [0.2, 0.25) is 0 Å². The Morgan fingerprint density at radius 2 is 1.58 bits per heavy atom. The second kappa shape index (κ2) is 11.2. The molecule has 140 valence electrons. The standard InChI is InChI=1S/C15H28O7P2/c1-13(2)7-5-8-14(3)9-6-10-15(4)11-12-21-24(19,20)22-23(16,17)18/h7,9,11H,5-6,8,10,12H2,1-4H3,(H,19,20)(H2,16,17,18)/b14-9+,15-11+/i4D3. The Kier molecular flexibility index (Phi) is 8.50. The van der Waals surface area contributed by atoms with Crippen LogP contribution in [0.1, 0.15) is 57.4 Å². The first-order valence-electron chi connectivity index (χ1n) is 8.85. The molecule has 24 heavy (non-hydrogen) atoms. The maximum atomic E-state index is 11.3. The summed E-state index contributed by atoms with van der Waals surface area (Å²) >= 11 is 0. The highest BCUT2D eigenvalue weighted by molar-refractivity contribution is 7.60. The molecule has 0 amide bonds. The van der Waals surface area contributed by atoms with Crippen molar-refractivity contribution in [3.8, 4) is 0 Å². The molecule has 7 nitrogen and oxygen atoms in total. The van der Waals surface area contributed by atoms with E-state index in [-0.39, 0.29) is 12.0 Å². The quantitative estimate of drug-likeness (QED) is 0.351. The molecule has 0 rings (SSSR count). The van der Waals surface area contributed by atoms with Crippen molar-refractivity contribution in [3.63, 3.8) is 0 Å². The van der Waals surface area contributed by atoms with E-state index in [1.807, 2.05) is 26.8 Å². The van der Waals surface area contributed by atoms with E-state index in [0.717, 1.165) is 24.5 Å². The molecule has 0 aliphatic heterocycles. The Hall–Kier alpha value is -0.520. The summed E-state index contributed by atoms with van der Waals surface area (Å²) in [7, 11) is -10.2. The van der Waals surface area contributed by atoms with Crippen molar-refractivity contribution in [2.24, 2.45) is 0 Å². The average molecular weight is 385 g/mol. The van der Waals surface area contributed by atoms with Gasteiger partial charge in [0.25, 0.3) is 0 Å². The van der Waals surface area contributed by atoms with Crippen LogP contribution >= 0.6 is 15.6 Å². The van der Waals surface area contributed by atoms with Gasteiger partial charge in [-0.15, -0.1) is 0 Å². The smallest absolute Gasteiger partial charge is 0.302 e. The van der Waals surface area contributed by atoms with Gasteiger partial charge in [0, 0.05) is 4.11 Å². The third kappa shape index (κ3) is 15.0. The Bertz CT molecular complexity index is 659. The van der Waals surface area contributed by atoms with Crippen LogP contribution in [-0.4, -0.2) is 21.3 Å². The van der Waals surface area contributed by atoms with Crippen LogP contribution in [0.3, 0.4) is 0 Å². The van der Waals surface area contributed by atoms with Gasteiger partial charge in [0.2, 0.25) is 0 Å². The number of allylic oxidation sites excluding steroid dienone is 5. The van der Waals surface area contributed by atoms with Crippen LogP contribution in [-0.2, 0) is 18.0 Å². The Labute approximate surface area is 148 Å². The maximum Gasteiger partial charge on any atom is 0.481 e. The van der Waals surface area contributed by atoms with Crippen molar-refractivity contribution >= 4 is 15.6 Å². The normalized spacial score (nSPS) is 18.3. The molecule has 0 saturated heterocycles. The summed E-state index contributed by atoms with van der Waals surface area (Å²) in [4.78, 5) is 26.2. The molecule has 0 aromatic rings. The molecule has 0 heterocycles. The first-order chi connectivity index (χ1) is 12.1. The first kappa shape index (κ1) is 18.3. The summed E-state index contributed by atoms with van der Waals surface area (Å²) < 4.78 is 52.4. The van der Waals surface area contributed by atoms with E-state index in [0.29, 0.717) is 6.42 Å². The van der Waals surface area contributed by atoms with Crippen LogP contribution in [0.15, 0.2) is 34.9 Å². The molecule has 3 N–H and O–H groups in total. The summed E-state index contributed by atoms with van der Waals surface area (Å²) in [6, 6.07) is 0. The van der Waals surface area contributed by atoms with E-state index in [1.165, 1.54) is 5.57 Å². The minimum Gasteiger partial charge on any atom is -0.302 e. The third-order valence-electron chi connectivity index (χ3n) is 2.77. The number of hydrogen-bond acceptors (Lipinski definition) is 4. The van der Waals surface area contributed by atoms with Gasteiger partial charge in [-0.1, -0.05) is 34.9 Å². The van der Waals surface area contributed by atoms with Gasteiger partial charge in [-0.25, -0.2) is 9.13 Å². The Balaban J connectivity index is 4.77. The fourth-order valence-corrected chi connectivity index (χ4v) is 3.18. The van der Waals surface area contributed by atoms with E-state index in [2.05, 4.69) is 14.9 Å². The number of phosphoric ester groups is 1. The molecule has 0 spiro atoms. The number of hydrogen-bond donors (Lipinski definition) is 3. The van der Waals surface area contributed by atoms with Crippen molar-refractivity contribution in [1.29, 1.82) is 0 Å². The molecule has 1 unspecified atom stereocenters. The van der Waals surface area contributed by atoms with Gasteiger partial charge < -0.3 is 14.7 Å². The van der Waals surface area contributed by atoms with Gasteiger partial charge in [-0.2, -0.15) is 4.31 Å². The molecule has 0 aliphatic carbocycles. The number of rotatable bonds is 11. The molecule has 0 aliphatic rings. The molecule has 9 heteroatoms. The predicted molar refractivity (Wildman–Crippen MR) is 94.3 cm³/mol. The first-order valence-corrected chi connectivity index (χ1v) is 10.4. The molecule has 0 radical (unpaired) electrons. The van der Waals surface area contributed by atoms with Crippen LogP contribution in [0.25, 0.3) is 0 Å². The van der Waals surface area contributed by atoms with E-state index in [4.69, 9.17) is 13.9 Å². The van der Waals surface area contributed by atoms with Gasteiger partial charge >= 0.3 is 15.6 Å². The fourth-order valence-electron chi connectivity index (χ4n) is 1.66. The van der Waals surface area contributed by atoms with Crippen molar-refractivity contribution in [3.05, 3.63) is 34.9 Å². The average Bonchev–Trinajstić information content (AvgIpc) is 2.41. The minimum atomic E-state index is -5.21. The van der Waals surface area contributed by atoms with Gasteiger partial charge in [-0.05, 0) is 53.3 Å². The predicted octanol–water partition coefficient (Wildman–Crippen LogP) is 4.63. The summed E-state index contributed by atoms with van der Waals surface area (Å²) in [5, 5.41) is 0. The summed E-state index contributed by atoms with van der Waals surface area (Å²) in [6.07, 6.45) is 7.60. The maximum absolute atomic E-state index is 11.3. The minimum absolute atomic E-state index is 0.0204. The van der Waals surface area contributed by atoms with Gasteiger partial charge in [0.1, 0.15) is 0 Å².